The molecule has 2 rings (SSSR count). The SMILES string of the molecule is CCCCn1ccnc1NC(C)(C)CCc1ccccc1. The molecule has 2 aromatic rings. The van der Waals surface area contributed by atoms with Gasteiger partial charge in [-0.2, -0.15) is 0 Å². The van der Waals surface area contributed by atoms with Crippen LogP contribution in [-0.4, -0.2) is 15.1 Å². The number of hydrogen-bond donors (Lipinski definition) is 1. The van der Waals surface area contributed by atoms with Crippen molar-refractivity contribution >= 4 is 5.95 Å². The van der Waals surface area contributed by atoms with Crippen LogP contribution in [0.1, 0.15) is 45.6 Å². The van der Waals surface area contributed by atoms with Crippen LogP contribution in [0.15, 0.2) is 42.7 Å². The van der Waals surface area contributed by atoms with Crippen molar-refractivity contribution in [3.05, 3.63) is 48.3 Å². The summed E-state index contributed by atoms with van der Waals surface area (Å²) in [6.45, 7) is 7.74. The van der Waals surface area contributed by atoms with Crippen molar-refractivity contribution in [3.8, 4) is 0 Å². The number of nitrogens with one attached hydrogen (secondary N) is 1. The first kappa shape index (κ1) is 15.6. The minimum atomic E-state index is 0.0329. The monoisotopic (exact) mass is 285 g/mol. The molecule has 0 fully saturated rings. The zero-order valence-electron chi connectivity index (χ0n) is 13.5. The second kappa shape index (κ2) is 7.30. The molecule has 0 aliphatic rings. The number of imidazole rings is 1. The maximum absolute atomic E-state index is 4.46. The van der Waals surface area contributed by atoms with Gasteiger partial charge in [-0.15, -0.1) is 0 Å². The minimum Gasteiger partial charge on any atom is -0.351 e. The lowest BCUT2D eigenvalue weighted by atomic mass is 9.95. The van der Waals surface area contributed by atoms with Crippen molar-refractivity contribution < 1.29 is 0 Å². The smallest absolute Gasteiger partial charge is 0.203 e. The molecule has 0 saturated carbocycles. The maximum Gasteiger partial charge on any atom is 0.203 e. The molecule has 0 bridgehead atoms. The van der Waals surface area contributed by atoms with Gasteiger partial charge < -0.3 is 9.88 Å². The third kappa shape index (κ3) is 4.92. The van der Waals surface area contributed by atoms with E-state index in [2.05, 4.69) is 72.2 Å². The molecular formula is C18H27N3. The van der Waals surface area contributed by atoms with Gasteiger partial charge in [0.05, 0.1) is 0 Å². The number of nitrogens with zero attached hydrogens (tertiary/aromatic N) is 2. The van der Waals surface area contributed by atoms with Gasteiger partial charge in [-0.05, 0) is 38.7 Å². The van der Waals surface area contributed by atoms with Crippen LogP contribution in [0.25, 0.3) is 0 Å². The summed E-state index contributed by atoms with van der Waals surface area (Å²) in [7, 11) is 0. The van der Waals surface area contributed by atoms with Crippen molar-refractivity contribution in [1.82, 2.24) is 9.55 Å². The number of hydrogen-bond acceptors (Lipinski definition) is 2. The first-order valence-corrected chi connectivity index (χ1v) is 7.94. The highest BCUT2D eigenvalue weighted by molar-refractivity contribution is 5.30. The van der Waals surface area contributed by atoms with Crippen molar-refractivity contribution in [2.45, 2.75) is 58.5 Å². The molecule has 0 saturated heterocycles. The van der Waals surface area contributed by atoms with Crippen molar-refractivity contribution in [2.24, 2.45) is 0 Å². The predicted octanol–water partition coefficient (Wildman–Crippen LogP) is 4.51. The first-order valence-electron chi connectivity index (χ1n) is 7.94. The summed E-state index contributed by atoms with van der Waals surface area (Å²) in [5, 5.41) is 3.60. The lowest BCUT2D eigenvalue weighted by molar-refractivity contribution is 0.506. The summed E-state index contributed by atoms with van der Waals surface area (Å²) in [4.78, 5) is 4.46. The second-order valence-electron chi connectivity index (χ2n) is 6.29. The average molecular weight is 285 g/mol. The van der Waals surface area contributed by atoms with E-state index in [4.69, 9.17) is 0 Å². The molecule has 0 aliphatic heterocycles. The van der Waals surface area contributed by atoms with E-state index in [-0.39, 0.29) is 5.54 Å². The van der Waals surface area contributed by atoms with E-state index in [0.29, 0.717) is 0 Å². The molecule has 21 heavy (non-hydrogen) atoms. The Morgan fingerprint density at radius 1 is 1.19 bits per heavy atom. The van der Waals surface area contributed by atoms with E-state index in [1.807, 2.05) is 6.20 Å². The van der Waals surface area contributed by atoms with Crippen LogP contribution in [0, 0.1) is 0 Å². The van der Waals surface area contributed by atoms with Crippen LogP contribution in [0.2, 0.25) is 0 Å². The molecule has 0 unspecified atom stereocenters. The Hall–Kier alpha value is -1.77. The Labute approximate surface area is 128 Å². The zero-order valence-corrected chi connectivity index (χ0v) is 13.5. The molecule has 1 heterocycles. The molecule has 1 aromatic heterocycles. The number of benzene rings is 1. The maximum atomic E-state index is 4.46. The molecular weight excluding hydrogens is 258 g/mol. The van der Waals surface area contributed by atoms with Gasteiger partial charge in [-0.25, -0.2) is 4.98 Å². The predicted molar refractivity (Wildman–Crippen MR) is 89.6 cm³/mol. The summed E-state index contributed by atoms with van der Waals surface area (Å²) in [6, 6.07) is 10.7. The highest BCUT2D eigenvalue weighted by Gasteiger charge is 2.19. The van der Waals surface area contributed by atoms with E-state index in [0.717, 1.165) is 25.3 Å². The summed E-state index contributed by atoms with van der Waals surface area (Å²) < 4.78 is 2.22. The van der Waals surface area contributed by atoms with E-state index in [9.17, 15) is 0 Å². The third-order valence-corrected chi connectivity index (χ3v) is 3.80. The van der Waals surface area contributed by atoms with Crippen molar-refractivity contribution in [2.75, 3.05) is 5.32 Å². The number of unbranched alkanes of at least 4 members (excludes halogenated alkanes) is 1. The molecule has 0 radical (unpaired) electrons. The molecule has 1 aromatic carbocycles. The second-order valence-corrected chi connectivity index (χ2v) is 6.29. The quantitative estimate of drug-likeness (QED) is 0.773. The number of aromatic nitrogens is 2. The Kier molecular flexibility index (Phi) is 5.43. The third-order valence-electron chi connectivity index (χ3n) is 3.80. The topological polar surface area (TPSA) is 29.9 Å². The standard InChI is InChI=1S/C18H27N3/c1-4-5-14-21-15-13-19-17(21)20-18(2,3)12-11-16-9-7-6-8-10-16/h6-10,13,15H,4-5,11-12,14H2,1-3H3,(H,19,20). The Morgan fingerprint density at radius 3 is 2.67 bits per heavy atom. The van der Waals surface area contributed by atoms with Crippen LogP contribution in [0.3, 0.4) is 0 Å². The molecule has 0 aliphatic carbocycles. The largest absolute Gasteiger partial charge is 0.351 e. The molecule has 0 atom stereocenters. The summed E-state index contributed by atoms with van der Waals surface area (Å²) >= 11 is 0. The summed E-state index contributed by atoms with van der Waals surface area (Å²) in [6.07, 6.45) is 8.50. The van der Waals surface area contributed by atoms with Crippen LogP contribution >= 0.6 is 0 Å². The van der Waals surface area contributed by atoms with Gasteiger partial charge in [-0.3, -0.25) is 0 Å². The first-order chi connectivity index (χ1) is 10.1. The summed E-state index contributed by atoms with van der Waals surface area (Å²) in [5.74, 6) is 0.988. The van der Waals surface area contributed by atoms with Crippen molar-refractivity contribution in [1.29, 1.82) is 0 Å². The Bertz CT molecular complexity index is 528. The number of aryl methyl sites for hydroxylation is 2. The van der Waals surface area contributed by atoms with Gasteiger partial charge in [0.15, 0.2) is 0 Å². The minimum absolute atomic E-state index is 0.0329. The molecule has 0 spiro atoms. The van der Waals surface area contributed by atoms with Crippen LogP contribution in [0.5, 0.6) is 0 Å². The molecule has 3 heteroatoms. The lowest BCUT2D eigenvalue weighted by Crippen LogP contribution is -2.33. The van der Waals surface area contributed by atoms with Gasteiger partial charge in [0.25, 0.3) is 0 Å². The normalized spacial score (nSPS) is 11.6. The highest BCUT2D eigenvalue weighted by Crippen LogP contribution is 2.19. The fourth-order valence-corrected chi connectivity index (χ4v) is 2.41. The fourth-order valence-electron chi connectivity index (χ4n) is 2.41. The fraction of sp³-hybridized carbons (Fsp3) is 0.500. The zero-order chi connectivity index (χ0) is 15.1. The van der Waals surface area contributed by atoms with Crippen molar-refractivity contribution in [3.63, 3.8) is 0 Å². The van der Waals surface area contributed by atoms with Gasteiger partial charge in [0.1, 0.15) is 0 Å². The van der Waals surface area contributed by atoms with Crippen LogP contribution in [0.4, 0.5) is 5.95 Å². The van der Waals surface area contributed by atoms with E-state index >= 15 is 0 Å². The number of anilines is 1. The van der Waals surface area contributed by atoms with Gasteiger partial charge >= 0.3 is 0 Å². The van der Waals surface area contributed by atoms with Crippen LogP contribution in [-0.2, 0) is 13.0 Å². The van der Waals surface area contributed by atoms with E-state index < -0.39 is 0 Å². The lowest BCUT2D eigenvalue weighted by Gasteiger charge is -2.27. The van der Waals surface area contributed by atoms with Gasteiger partial charge in [0.2, 0.25) is 5.95 Å². The summed E-state index contributed by atoms with van der Waals surface area (Å²) in [5.41, 5.74) is 1.42. The molecule has 3 nitrogen and oxygen atoms in total. The van der Waals surface area contributed by atoms with E-state index in [1.165, 1.54) is 18.4 Å². The van der Waals surface area contributed by atoms with Gasteiger partial charge in [0, 0.05) is 24.5 Å². The Balaban J connectivity index is 1.92. The highest BCUT2D eigenvalue weighted by atomic mass is 15.2. The molecule has 1 N–H and O–H groups in total. The number of rotatable bonds is 8. The van der Waals surface area contributed by atoms with E-state index in [1.54, 1.807) is 0 Å². The Morgan fingerprint density at radius 2 is 1.95 bits per heavy atom. The average Bonchev–Trinajstić information content (AvgIpc) is 2.90. The van der Waals surface area contributed by atoms with Gasteiger partial charge in [-0.1, -0.05) is 43.7 Å². The molecule has 114 valence electrons. The molecule has 0 amide bonds. The van der Waals surface area contributed by atoms with Crippen LogP contribution < -0.4 is 5.32 Å².